The minimum absolute atomic E-state index is 0. The molecule has 6 rings (SSSR count). The highest BCUT2D eigenvalue weighted by molar-refractivity contribution is 7.59. The summed E-state index contributed by atoms with van der Waals surface area (Å²) in [7, 11) is 2.08. The molecule has 232 valence electrons. The number of benzene rings is 1. The minimum atomic E-state index is -0.560. The Kier molecular flexibility index (Phi) is 10.3. The average molecular weight is 608 g/mol. The number of Topliss-reactive ketones (excluding diaryl/α,β-unsaturated/α-hetero) is 1. The number of oxazole rings is 1. The molecule has 0 unspecified atom stereocenters. The highest BCUT2D eigenvalue weighted by atomic mass is 32.1. The highest BCUT2D eigenvalue weighted by Crippen LogP contribution is 2.31. The number of aryl methyl sites for hydroxylation is 1. The van der Waals surface area contributed by atoms with Crippen molar-refractivity contribution in [2.24, 2.45) is 0 Å². The lowest BCUT2D eigenvalue weighted by atomic mass is 9.91. The van der Waals surface area contributed by atoms with Gasteiger partial charge in [0, 0.05) is 50.7 Å². The largest absolute Gasteiger partial charge is 0.486 e. The summed E-state index contributed by atoms with van der Waals surface area (Å²) in [5.41, 5.74) is 4.05. The Morgan fingerprint density at radius 1 is 1.19 bits per heavy atom. The van der Waals surface area contributed by atoms with Crippen LogP contribution in [0.25, 0.3) is 0 Å². The zero-order valence-corrected chi connectivity index (χ0v) is 26.3. The first-order valence-corrected chi connectivity index (χ1v) is 15.5. The maximum absolute atomic E-state index is 13.3. The standard InChI is InChI=1S/C33H43N5O4.H2S/c1-22-31(42-21-34-22)20-41-29-11-9-24-18-38(14-13-23(24)15-29)19-28(39)10-12-30(40)25-16-32(35-26-5-3-6-26)36-33(17-25)37(2)27-7-4-8-27;/h9,11,15-17,21,26-28,39H,3-8,10,12-14,18-20H2,1-2H3,(H,35,36);1H2/t28-;/m0./s1. The molecule has 2 aromatic heterocycles. The number of nitrogens with one attached hydrogen (secondary N) is 1. The molecule has 3 heterocycles. The quantitative estimate of drug-likeness (QED) is 0.247. The normalized spacial score (nSPS) is 17.7. The fourth-order valence-corrected chi connectivity index (χ4v) is 5.93. The van der Waals surface area contributed by atoms with Crippen LogP contribution in [0, 0.1) is 6.92 Å². The molecule has 0 radical (unpaired) electrons. The van der Waals surface area contributed by atoms with Gasteiger partial charge in [0.05, 0.1) is 11.8 Å². The van der Waals surface area contributed by atoms with Crippen molar-refractivity contribution in [1.29, 1.82) is 0 Å². The number of hydrogen-bond acceptors (Lipinski definition) is 9. The monoisotopic (exact) mass is 607 g/mol. The zero-order chi connectivity index (χ0) is 29.1. The number of carbonyl (C=O) groups excluding carboxylic acids is 1. The summed E-state index contributed by atoms with van der Waals surface area (Å²) >= 11 is 0. The molecular weight excluding hydrogens is 562 g/mol. The topological polar surface area (TPSA) is 104 Å². The molecule has 0 amide bonds. The van der Waals surface area contributed by atoms with Crippen LogP contribution in [0.4, 0.5) is 11.6 Å². The molecule has 0 saturated heterocycles. The van der Waals surface area contributed by atoms with E-state index in [1.54, 1.807) is 0 Å². The number of ketones is 1. The maximum atomic E-state index is 13.3. The smallest absolute Gasteiger partial charge is 0.181 e. The van der Waals surface area contributed by atoms with Gasteiger partial charge in [-0.05, 0) is 93.7 Å². The van der Waals surface area contributed by atoms with E-state index in [1.165, 1.54) is 43.2 Å². The third-order valence-electron chi connectivity index (χ3n) is 9.23. The Balaban J connectivity index is 0.00000368. The molecule has 10 heteroatoms. The van der Waals surface area contributed by atoms with Gasteiger partial charge in [0.1, 0.15) is 24.0 Å². The second kappa shape index (κ2) is 14.1. The Hall–Kier alpha value is -3.08. The third kappa shape index (κ3) is 7.72. The number of anilines is 2. The van der Waals surface area contributed by atoms with Crippen LogP contribution in [0.3, 0.4) is 0 Å². The van der Waals surface area contributed by atoms with Crippen LogP contribution in [0.15, 0.2) is 41.1 Å². The van der Waals surface area contributed by atoms with E-state index in [-0.39, 0.29) is 19.3 Å². The number of carbonyl (C=O) groups is 1. The van der Waals surface area contributed by atoms with Crippen LogP contribution < -0.4 is 15.0 Å². The molecule has 9 nitrogen and oxygen atoms in total. The maximum Gasteiger partial charge on any atom is 0.181 e. The number of ether oxygens (including phenoxy) is 1. The summed E-state index contributed by atoms with van der Waals surface area (Å²) in [4.78, 5) is 26.8. The predicted molar refractivity (Wildman–Crippen MR) is 172 cm³/mol. The Morgan fingerprint density at radius 2 is 2.00 bits per heavy atom. The van der Waals surface area contributed by atoms with E-state index in [9.17, 15) is 9.90 Å². The van der Waals surface area contributed by atoms with Crippen LogP contribution >= 0.6 is 13.5 Å². The number of aromatic nitrogens is 2. The zero-order valence-electron chi connectivity index (χ0n) is 25.3. The van der Waals surface area contributed by atoms with Crippen LogP contribution in [-0.2, 0) is 19.6 Å². The number of pyridine rings is 1. The van der Waals surface area contributed by atoms with Gasteiger partial charge in [-0.2, -0.15) is 13.5 Å². The number of hydrogen-bond donors (Lipinski definition) is 2. The van der Waals surface area contributed by atoms with Crippen molar-refractivity contribution in [1.82, 2.24) is 14.9 Å². The van der Waals surface area contributed by atoms with Crippen molar-refractivity contribution in [3.8, 4) is 5.75 Å². The first-order chi connectivity index (χ1) is 20.4. The van der Waals surface area contributed by atoms with Crippen LogP contribution in [0.1, 0.15) is 84.3 Å². The number of aliphatic hydroxyl groups is 1. The van der Waals surface area contributed by atoms with E-state index >= 15 is 0 Å². The molecule has 2 N–H and O–H groups in total. The molecule has 3 aromatic rings. The molecule has 2 aliphatic carbocycles. The SMILES string of the molecule is Cc1ncoc1COc1ccc2c(c1)CCN(C[C@@H](O)CCC(=O)c1cc(NC3CCC3)nc(N(C)C3CCC3)c1)C2.S. The van der Waals surface area contributed by atoms with Gasteiger partial charge >= 0.3 is 0 Å². The van der Waals surface area contributed by atoms with Crippen molar-refractivity contribution in [3.05, 3.63) is 64.9 Å². The van der Waals surface area contributed by atoms with E-state index in [1.807, 2.05) is 25.1 Å². The number of β-amino-alcohol motifs (C(OH)–C–C–N with tert-alkyl or cyclic N) is 1. The first kappa shape index (κ1) is 31.3. The summed E-state index contributed by atoms with van der Waals surface area (Å²) in [6.07, 6.45) is 9.67. The van der Waals surface area contributed by atoms with Crippen molar-refractivity contribution in [2.75, 3.05) is 30.4 Å². The van der Waals surface area contributed by atoms with E-state index in [2.05, 4.69) is 39.3 Å². The highest BCUT2D eigenvalue weighted by Gasteiger charge is 2.26. The van der Waals surface area contributed by atoms with Gasteiger partial charge in [0.15, 0.2) is 17.9 Å². The number of aliphatic hydroxyl groups excluding tert-OH is 1. The van der Waals surface area contributed by atoms with Gasteiger partial charge in [-0.25, -0.2) is 9.97 Å². The lowest BCUT2D eigenvalue weighted by molar-refractivity contribution is 0.0836. The lowest BCUT2D eigenvalue weighted by Gasteiger charge is -2.36. The van der Waals surface area contributed by atoms with E-state index in [0.29, 0.717) is 43.6 Å². The molecule has 1 aromatic carbocycles. The number of rotatable bonds is 13. The fraction of sp³-hybridized carbons (Fsp3) is 0.545. The summed E-state index contributed by atoms with van der Waals surface area (Å²) < 4.78 is 11.3. The molecule has 43 heavy (non-hydrogen) atoms. The summed E-state index contributed by atoms with van der Waals surface area (Å²) in [6, 6.07) is 11.0. The molecule has 0 spiro atoms. The fourth-order valence-electron chi connectivity index (χ4n) is 5.93. The van der Waals surface area contributed by atoms with Crippen LogP contribution in [0.2, 0.25) is 0 Å². The van der Waals surface area contributed by atoms with E-state index in [4.69, 9.17) is 14.1 Å². The Bertz CT molecular complexity index is 1390. The number of nitrogens with zero attached hydrogens (tertiary/aromatic N) is 4. The van der Waals surface area contributed by atoms with Gasteiger partial charge in [-0.15, -0.1) is 0 Å². The van der Waals surface area contributed by atoms with Gasteiger partial charge < -0.3 is 24.5 Å². The third-order valence-corrected chi connectivity index (χ3v) is 9.23. The van der Waals surface area contributed by atoms with Gasteiger partial charge in [-0.1, -0.05) is 6.07 Å². The molecule has 3 aliphatic rings. The van der Waals surface area contributed by atoms with Crippen molar-refractivity contribution in [3.63, 3.8) is 0 Å². The number of fused-ring (bicyclic) bond motifs is 1. The summed E-state index contributed by atoms with van der Waals surface area (Å²) in [6.45, 7) is 4.45. The van der Waals surface area contributed by atoms with Crippen LogP contribution in [0.5, 0.6) is 5.75 Å². The predicted octanol–water partition coefficient (Wildman–Crippen LogP) is 5.41. The Morgan fingerprint density at radius 3 is 2.70 bits per heavy atom. The van der Waals surface area contributed by atoms with E-state index < -0.39 is 6.10 Å². The Labute approximate surface area is 261 Å². The first-order valence-electron chi connectivity index (χ1n) is 15.5. The minimum Gasteiger partial charge on any atom is -0.486 e. The van der Waals surface area contributed by atoms with Gasteiger partial charge in [0.25, 0.3) is 0 Å². The van der Waals surface area contributed by atoms with Crippen molar-refractivity contribution >= 4 is 30.9 Å². The lowest BCUT2D eigenvalue weighted by Crippen LogP contribution is -2.38. The molecule has 1 aliphatic heterocycles. The molecule has 2 saturated carbocycles. The molecular formula is C33H45N5O4S. The second-order valence-electron chi connectivity index (χ2n) is 12.2. The van der Waals surface area contributed by atoms with Crippen molar-refractivity contribution < 1.29 is 19.1 Å². The van der Waals surface area contributed by atoms with Gasteiger partial charge in [-0.3, -0.25) is 9.69 Å². The van der Waals surface area contributed by atoms with Crippen molar-refractivity contribution in [2.45, 2.75) is 96.1 Å². The molecule has 0 bridgehead atoms. The summed E-state index contributed by atoms with van der Waals surface area (Å²) in [5, 5.41) is 14.4. The second-order valence-corrected chi connectivity index (χ2v) is 12.2. The van der Waals surface area contributed by atoms with Gasteiger partial charge in [0.2, 0.25) is 0 Å². The van der Waals surface area contributed by atoms with Crippen LogP contribution in [-0.4, -0.2) is 64.1 Å². The average Bonchev–Trinajstić information content (AvgIpc) is 3.35. The molecule has 1 atom stereocenters. The summed E-state index contributed by atoms with van der Waals surface area (Å²) in [5.74, 6) is 3.28. The van der Waals surface area contributed by atoms with E-state index in [0.717, 1.165) is 61.2 Å². The molecule has 2 fully saturated rings.